The van der Waals surface area contributed by atoms with Crippen LogP contribution in [0.2, 0.25) is 0 Å². The highest BCUT2D eigenvalue weighted by atomic mass is 19.1. The van der Waals surface area contributed by atoms with Gasteiger partial charge in [0.1, 0.15) is 11.6 Å². The third kappa shape index (κ3) is 3.51. The third-order valence-corrected chi connectivity index (χ3v) is 4.05. The smallest absolute Gasteiger partial charge is 0.257 e. The molecule has 1 aromatic rings. The number of hydrogen-bond donors (Lipinski definition) is 2. The molecule has 1 heterocycles. The molecule has 5 nitrogen and oxygen atoms in total. The topological polar surface area (TPSA) is 69.8 Å². The zero-order chi connectivity index (χ0) is 15.4. The summed E-state index contributed by atoms with van der Waals surface area (Å²) in [5, 5.41) is 9.71. The maximum absolute atomic E-state index is 13.2. The number of carbonyl (C=O) groups is 1. The summed E-state index contributed by atoms with van der Waals surface area (Å²) in [5.74, 6) is -1.03. The zero-order valence-corrected chi connectivity index (χ0v) is 12.3. The number of carbonyl (C=O) groups excluding carboxylic acids is 1. The van der Waals surface area contributed by atoms with Gasteiger partial charge < -0.3 is 15.7 Å². The SMILES string of the molecule is CCC(CN)N1CCN(C(=O)c2cc(F)ccc2O)CC1. The molecule has 1 unspecified atom stereocenters. The maximum atomic E-state index is 13.2. The van der Waals surface area contributed by atoms with E-state index in [9.17, 15) is 14.3 Å². The predicted octanol–water partition coefficient (Wildman–Crippen LogP) is 1.03. The third-order valence-electron chi connectivity index (χ3n) is 4.05. The van der Waals surface area contributed by atoms with E-state index < -0.39 is 5.82 Å². The van der Waals surface area contributed by atoms with Crippen LogP contribution in [0, 0.1) is 5.82 Å². The molecule has 0 saturated carbocycles. The molecule has 0 spiro atoms. The summed E-state index contributed by atoms with van der Waals surface area (Å²) < 4.78 is 13.2. The number of nitrogens with zero attached hydrogens (tertiary/aromatic N) is 2. The van der Waals surface area contributed by atoms with E-state index in [2.05, 4.69) is 11.8 Å². The Kier molecular flexibility index (Phi) is 5.14. The van der Waals surface area contributed by atoms with E-state index in [4.69, 9.17) is 5.73 Å². The minimum absolute atomic E-state index is 0.0225. The lowest BCUT2D eigenvalue weighted by Gasteiger charge is -2.38. The second-order valence-corrected chi connectivity index (χ2v) is 5.29. The van der Waals surface area contributed by atoms with Crippen molar-refractivity contribution in [3.05, 3.63) is 29.6 Å². The minimum atomic E-state index is -0.524. The molecule has 0 aliphatic carbocycles. The molecular formula is C15H22FN3O2. The Morgan fingerprint density at radius 1 is 1.38 bits per heavy atom. The summed E-state index contributed by atoms with van der Waals surface area (Å²) in [6.45, 7) is 5.32. The molecule has 1 aromatic carbocycles. The van der Waals surface area contributed by atoms with Crippen LogP contribution in [0.4, 0.5) is 4.39 Å². The number of piperazine rings is 1. The van der Waals surface area contributed by atoms with E-state index in [1.54, 1.807) is 4.90 Å². The molecule has 1 saturated heterocycles. The number of benzene rings is 1. The quantitative estimate of drug-likeness (QED) is 0.870. The fourth-order valence-electron chi connectivity index (χ4n) is 2.71. The lowest BCUT2D eigenvalue weighted by atomic mass is 10.1. The van der Waals surface area contributed by atoms with Crippen molar-refractivity contribution >= 4 is 5.91 Å². The number of halogens is 1. The van der Waals surface area contributed by atoms with Crippen molar-refractivity contribution in [2.24, 2.45) is 5.73 Å². The number of phenolic OH excluding ortho intramolecular Hbond substituents is 1. The number of nitrogens with two attached hydrogens (primary N) is 1. The summed E-state index contributed by atoms with van der Waals surface area (Å²) in [4.78, 5) is 16.3. The minimum Gasteiger partial charge on any atom is -0.507 e. The van der Waals surface area contributed by atoms with Gasteiger partial charge in [-0.1, -0.05) is 6.92 Å². The molecule has 1 aliphatic rings. The normalized spacial score (nSPS) is 17.8. The lowest BCUT2D eigenvalue weighted by Crippen LogP contribution is -2.53. The molecule has 1 amide bonds. The van der Waals surface area contributed by atoms with Crippen molar-refractivity contribution in [1.29, 1.82) is 0 Å². The van der Waals surface area contributed by atoms with E-state index in [1.807, 2.05) is 0 Å². The van der Waals surface area contributed by atoms with Gasteiger partial charge in [-0.05, 0) is 24.6 Å². The van der Waals surface area contributed by atoms with Crippen LogP contribution in [0.5, 0.6) is 5.75 Å². The molecular weight excluding hydrogens is 273 g/mol. The highest BCUT2D eigenvalue weighted by molar-refractivity contribution is 5.96. The summed E-state index contributed by atoms with van der Waals surface area (Å²) in [7, 11) is 0. The van der Waals surface area contributed by atoms with Gasteiger partial charge in [0, 0.05) is 38.8 Å². The maximum Gasteiger partial charge on any atom is 0.257 e. The standard InChI is InChI=1S/C15H22FN3O2/c1-2-12(10-17)18-5-7-19(8-6-18)15(21)13-9-11(16)3-4-14(13)20/h3-4,9,12,20H,2,5-8,10,17H2,1H3. The van der Waals surface area contributed by atoms with Crippen molar-refractivity contribution in [3.63, 3.8) is 0 Å². The highest BCUT2D eigenvalue weighted by Crippen LogP contribution is 2.21. The number of aromatic hydroxyl groups is 1. The molecule has 3 N–H and O–H groups in total. The van der Waals surface area contributed by atoms with Crippen molar-refractivity contribution in [2.45, 2.75) is 19.4 Å². The highest BCUT2D eigenvalue weighted by Gasteiger charge is 2.26. The fourth-order valence-corrected chi connectivity index (χ4v) is 2.71. The Morgan fingerprint density at radius 2 is 2.05 bits per heavy atom. The van der Waals surface area contributed by atoms with Gasteiger partial charge in [-0.3, -0.25) is 9.69 Å². The van der Waals surface area contributed by atoms with Gasteiger partial charge in [0.25, 0.3) is 5.91 Å². The van der Waals surface area contributed by atoms with Crippen LogP contribution < -0.4 is 5.73 Å². The van der Waals surface area contributed by atoms with Crippen LogP contribution in [-0.2, 0) is 0 Å². The molecule has 1 aliphatic heterocycles. The Hall–Kier alpha value is -1.66. The largest absolute Gasteiger partial charge is 0.507 e. The van der Waals surface area contributed by atoms with E-state index in [-0.39, 0.29) is 17.2 Å². The number of amides is 1. The van der Waals surface area contributed by atoms with Crippen LogP contribution in [0.25, 0.3) is 0 Å². The molecule has 21 heavy (non-hydrogen) atoms. The van der Waals surface area contributed by atoms with Crippen LogP contribution in [0.1, 0.15) is 23.7 Å². The Bertz CT molecular complexity index is 498. The van der Waals surface area contributed by atoms with Gasteiger partial charge in [-0.2, -0.15) is 0 Å². The molecule has 2 rings (SSSR count). The van der Waals surface area contributed by atoms with Gasteiger partial charge in [-0.15, -0.1) is 0 Å². The van der Waals surface area contributed by atoms with Crippen LogP contribution in [0.3, 0.4) is 0 Å². The fraction of sp³-hybridized carbons (Fsp3) is 0.533. The van der Waals surface area contributed by atoms with Crippen LogP contribution >= 0.6 is 0 Å². The second-order valence-electron chi connectivity index (χ2n) is 5.29. The van der Waals surface area contributed by atoms with Crippen LogP contribution in [0.15, 0.2) is 18.2 Å². The van der Waals surface area contributed by atoms with Gasteiger partial charge in [-0.25, -0.2) is 4.39 Å². The van der Waals surface area contributed by atoms with E-state index in [0.29, 0.717) is 25.7 Å². The van der Waals surface area contributed by atoms with Crippen molar-refractivity contribution in [1.82, 2.24) is 9.80 Å². The van der Waals surface area contributed by atoms with Crippen molar-refractivity contribution in [2.75, 3.05) is 32.7 Å². The van der Waals surface area contributed by atoms with E-state index >= 15 is 0 Å². The lowest BCUT2D eigenvalue weighted by molar-refractivity contribution is 0.0568. The monoisotopic (exact) mass is 295 g/mol. The first-order chi connectivity index (χ1) is 10.1. The summed E-state index contributed by atoms with van der Waals surface area (Å²) in [5.41, 5.74) is 5.76. The summed E-state index contributed by atoms with van der Waals surface area (Å²) >= 11 is 0. The van der Waals surface area contributed by atoms with Gasteiger partial charge in [0.2, 0.25) is 0 Å². The van der Waals surface area contributed by atoms with Crippen LogP contribution in [-0.4, -0.2) is 59.6 Å². The predicted molar refractivity (Wildman–Crippen MR) is 78.7 cm³/mol. The van der Waals surface area contributed by atoms with E-state index in [1.165, 1.54) is 6.07 Å². The number of phenols is 1. The molecule has 1 fully saturated rings. The average molecular weight is 295 g/mol. The average Bonchev–Trinajstić information content (AvgIpc) is 2.51. The first kappa shape index (κ1) is 15.7. The van der Waals surface area contributed by atoms with E-state index in [0.717, 1.165) is 31.6 Å². The molecule has 0 radical (unpaired) electrons. The Labute approximate surface area is 124 Å². The second kappa shape index (κ2) is 6.87. The molecule has 6 heteroatoms. The number of rotatable bonds is 4. The molecule has 116 valence electrons. The zero-order valence-electron chi connectivity index (χ0n) is 12.3. The Balaban J connectivity index is 2.02. The first-order valence-electron chi connectivity index (χ1n) is 7.28. The van der Waals surface area contributed by atoms with Gasteiger partial charge in [0.05, 0.1) is 5.56 Å². The first-order valence-corrected chi connectivity index (χ1v) is 7.28. The molecule has 1 atom stereocenters. The Morgan fingerprint density at radius 3 is 2.62 bits per heavy atom. The van der Waals surface area contributed by atoms with Gasteiger partial charge >= 0.3 is 0 Å². The summed E-state index contributed by atoms with van der Waals surface area (Å²) in [6.07, 6.45) is 0.981. The van der Waals surface area contributed by atoms with Crippen molar-refractivity contribution < 1.29 is 14.3 Å². The summed E-state index contributed by atoms with van der Waals surface area (Å²) in [6, 6.07) is 3.76. The molecule has 0 aromatic heterocycles. The molecule has 0 bridgehead atoms. The van der Waals surface area contributed by atoms with Crippen molar-refractivity contribution in [3.8, 4) is 5.75 Å². The number of hydrogen-bond acceptors (Lipinski definition) is 4. The van der Waals surface area contributed by atoms with Gasteiger partial charge in [0.15, 0.2) is 0 Å².